The van der Waals surface area contributed by atoms with Crippen LogP contribution in [0.15, 0.2) is 18.5 Å². The lowest BCUT2D eigenvalue weighted by Gasteiger charge is -2.01. The summed E-state index contributed by atoms with van der Waals surface area (Å²) in [6, 6.07) is 2.04. The molecule has 0 aliphatic carbocycles. The van der Waals surface area contributed by atoms with Crippen molar-refractivity contribution in [3.63, 3.8) is 0 Å². The van der Waals surface area contributed by atoms with Gasteiger partial charge in [-0.05, 0) is 37.7 Å². The van der Waals surface area contributed by atoms with Gasteiger partial charge in [0.05, 0.1) is 16.9 Å². The van der Waals surface area contributed by atoms with Crippen LogP contribution in [0.5, 0.6) is 0 Å². The van der Waals surface area contributed by atoms with Crippen LogP contribution in [0.4, 0.5) is 0 Å². The quantitative estimate of drug-likeness (QED) is 0.683. The van der Waals surface area contributed by atoms with Crippen LogP contribution in [0, 0.1) is 18.6 Å². The second-order valence-corrected chi connectivity index (χ2v) is 4.81. The molecule has 18 heavy (non-hydrogen) atoms. The molecule has 3 aromatic heterocycles. The summed E-state index contributed by atoms with van der Waals surface area (Å²) >= 11 is 5.38. The fourth-order valence-corrected chi connectivity index (χ4v) is 2.42. The van der Waals surface area contributed by atoms with E-state index in [1.165, 1.54) is 0 Å². The molecule has 0 atom stereocenters. The van der Waals surface area contributed by atoms with Crippen molar-refractivity contribution >= 4 is 23.4 Å². The minimum atomic E-state index is 0.638. The first-order valence-electron chi connectivity index (χ1n) is 5.64. The van der Waals surface area contributed by atoms with Crippen molar-refractivity contribution in [2.75, 3.05) is 0 Å². The number of imidazole rings is 1. The summed E-state index contributed by atoms with van der Waals surface area (Å²) in [5, 5.41) is 4.34. The highest BCUT2D eigenvalue weighted by Crippen LogP contribution is 2.20. The van der Waals surface area contributed by atoms with Crippen LogP contribution in [0.3, 0.4) is 0 Å². The summed E-state index contributed by atoms with van der Waals surface area (Å²) in [5.74, 6) is 0. The molecule has 0 saturated heterocycles. The van der Waals surface area contributed by atoms with E-state index in [9.17, 15) is 0 Å². The third-order valence-corrected chi connectivity index (χ3v) is 3.17. The predicted octanol–water partition coefficient (Wildman–Crippen LogP) is 2.43. The lowest BCUT2D eigenvalue weighted by Crippen LogP contribution is -1.96. The van der Waals surface area contributed by atoms with Gasteiger partial charge in [0.2, 0.25) is 0 Å². The van der Waals surface area contributed by atoms with Crippen molar-refractivity contribution in [1.82, 2.24) is 24.3 Å². The largest absolute Gasteiger partial charge is 0.329 e. The van der Waals surface area contributed by atoms with Crippen molar-refractivity contribution in [1.29, 1.82) is 0 Å². The highest BCUT2D eigenvalue weighted by molar-refractivity contribution is 7.71. The number of aryl methyl sites for hydroxylation is 3. The molecule has 0 spiro atoms. The molecule has 0 saturated carbocycles. The summed E-state index contributed by atoms with van der Waals surface area (Å²) in [6.45, 7) is 3.97. The van der Waals surface area contributed by atoms with E-state index in [4.69, 9.17) is 12.2 Å². The summed E-state index contributed by atoms with van der Waals surface area (Å²) < 4.78 is 4.34. The summed E-state index contributed by atoms with van der Waals surface area (Å²) in [5.41, 5.74) is 4.78. The number of aromatic nitrogens is 5. The van der Waals surface area contributed by atoms with Gasteiger partial charge in [0, 0.05) is 19.4 Å². The third-order valence-electron chi connectivity index (χ3n) is 2.89. The number of nitrogens with one attached hydrogen (secondary N) is 1. The molecule has 0 aliphatic heterocycles. The number of pyridine rings is 1. The van der Waals surface area contributed by atoms with Gasteiger partial charge in [-0.15, -0.1) is 0 Å². The van der Waals surface area contributed by atoms with Crippen molar-refractivity contribution in [3.05, 3.63) is 34.5 Å². The summed E-state index contributed by atoms with van der Waals surface area (Å²) in [6.07, 6.45) is 3.78. The van der Waals surface area contributed by atoms with Gasteiger partial charge in [0.15, 0.2) is 10.4 Å². The molecule has 0 bridgehead atoms. The molecule has 6 heteroatoms. The van der Waals surface area contributed by atoms with Crippen molar-refractivity contribution in [3.8, 4) is 5.69 Å². The standard InChI is InChI=1S/C12H13N5S/c1-7-4-9-11(13-5-7)17(12(18)14-9)10-6-16(3)15-8(10)2/h4-6H,1-3H3,(H,14,18). The maximum absolute atomic E-state index is 5.38. The molecule has 5 nitrogen and oxygen atoms in total. The molecule has 0 aromatic carbocycles. The Morgan fingerprint density at radius 2 is 2.11 bits per heavy atom. The highest BCUT2D eigenvalue weighted by atomic mass is 32.1. The Balaban J connectivity index is 2.39. The fourth-order valence-electron chi connectivity index (χ4n) is 2.13. The van der Waals surface area contributed by atoms with Crippen LogP contribution in [-0.4, -0.2) is 24.3 Å². The second kappa shape index (κ2) is 3.78. The van der Waals surface area contributed by atoms with Crippen molar-refractivity contribution in [2.24, 2.45) is 7.05 Å². The second-order valence-electron chi connectivity index (χ2n) is 4.42. The zero-order valence-electron chi connectivity index (χ0n) is 10.4. The molecule has 3 heterocycles. The normalized spacial score (nSPS) is 11.3. The average molecular weight is 259 g/mol. The summed E-state index contributed by atoms with van der Waals surface area (Å²) in [7, 11) is 1.90. The van der Waals surface area contributed by atoms with E-state index in [0.29, 0.717) is 4.77 Å². The number of fused-ring (bicyclic) bond motifs is 1. The summed E-state index contributed by atoms with van der Waals surface area (Å²) in [4.78, 5) is 7.64. The Kier molecular flexibility index (Phi) is 2.34. The van der Waals surface area contributed by atoms with E-state index in [2.05, 4.69) is 15.1 Å². The van der Waals surface area contributed by atoms with Gasteiger partial charge in [0.25, 0.3) is 0 Å². The SMILES string of the molecule is Cc1cnc2c(c1)[nH]c(=S)n2-c1cn(C)nc1C. The van der Waals surface area contributed by atoms with E-state index < -0.39 is 0 Å². The Morgan fingerprint density at radius 3 is 2.78 bits per heavy atom. The van der Waals surface area contributed by atoms with Crippen LogP contribution in [-0.2, 0) is 7.05 Å². The molecule has 0 radical (unpaired) electrons. The van der Waals surface area contributed by atoms with Crippen LogP contribution >= 0.6 is 12.2 Å². The zero-order valence-corrected chi connectivity index (χ0v) is 11.2. The van der Waals surface area contributed by atoms with Crippen LogP contribution in [0.25, 0.3) is 16.9 Å². The van der Waals surface area contributed by atoms with Gasteiger partial charge in [-0.25, -0.2) is 4.98 Å². The number of hydrogen-bond donors (Lipinski definition) is 1. The molecule has 3 rings (SSSR count). The smallest absolute Gasteiger partial charge is 0.184 e. The molecule has 1 N–H and O–H groups in total. The van der Waals surface area contributed by atoms with E-state index in [1.54, 1.807) is 4.68 Å². The molecular weight excluding hydrogens is 246 g/mol. The maximum atomic E-state index is 5.38. The van der Waals surface area contributed by atoms with E-state index in [-0.39, 0.29) is 0 Å². The number of aromatic amines is 1. The van der Waals surface area contributed by atoms with Gasteiger partial charge < -0.3 is 4.98 Å². The van der Waals surface area contributed by atoms with Crippen molar-refractivity contribution in [2.45, 2.75) is 13.8 Å². The number of rotatable bonds is 1. The first-order chi connectivity index (χ1) is 8.56. The molecule has 0 unspecified atom stereocenters. The third kappa shape index (κ3) is 1.57. The number of nitrogens with zero attached hydrogens (tertiary/aromatic N) is 4. The monoisotopic (exact) mass is 259 g/mol. The predicted molar refractivity (Wildman–Crippen MR) is 72.5 cm³/mol. The molecule has 92 valence electrons. The number of hydrogen-bond acceptors (Lipinski definition) is 3. The first kappa shape index (κ1) is 11.2. The Labute approximate surface area is 109 Å². The maximum Gasteiger partial charge on any atom is 0.184 e. The lowest BCUT2D eigenvalue weighted by atomic mass is 10.3. The molecule has 0 fully saturated rings. The van der Waals surface area contributed by atoms with Crippen LogP contribution < -0.4 is 0 Å². The zero-order chi connectivity index (χ0) is 12.9. The van der Waals surface area contributed by atoms with Crippen LogP contribution in [0.2, 0.25) is 0 Å². The lowest BCUT2D eigenvalue weighted by molar-refractivity contribution is 0.756. The van der Waals surface area contributed by atoms with Gasteiger partial charge in [0.1, 0.15) is 0 Å². The van der Waals surface area contributed by atoms with Crippen LogP contribution in [0.1, 0.15) is 11.3 Å². The minimum Gasteiger partial charge on any atom is -0.329 e. The van der Waals surface area contributed by atoms with Gasteiger partial charge in [-0.1, -0.05) is 0 Å². The Morgan fingerprint density at radius 1 is 1.33 bits per heavy atom. The van der Waals surface area contributed by atoms with Gasteiger partial charge in [-0.2, -0.15) is 5.10 Å². The van der Waals surface area contributed by atoms with Crippen molar-refractivity contribution < 1.29 is 0 Å². The highest BCUT2D eigenvalue weighted by Gasteiger charge is 2.12. The molecule has 0 aliphatic rings. The van der Waals surface area contributed by atoms with Gasteiger partial charge in [-0.3, -0.25) is 9.25 Å². The van der Waals surface area contributed by atoms with Gasteiger partial charge >= 0.3 is 0 Å². The molecule has 3 aromatic rings. The molecular formula is C12H13N5S. The Hall–Kier alpha value is -1.95. The average Bonchev–Trinajstić information content (AvgIpc) is 2.77. The van der Waals surface area contributed by atoms with E-state index >= 15 is 0 Å². The fraction of sp³-hybridized carbons (Fsp3) is 0.250. The number of H-pyrrole nitrogens is 1. The van der Waals surface area contributed by atoms with E-state index in [0.717, 1.165) is 28.1 Å². The first-order valence-corrected chi connectivity index (χ1v) is 6.05. The van der Waals surface area contributed by atoms with E-state index in [1.807, 2.05) is 43.9 Å². The molecule has 0 amide bonds. The Bertz CT molecular complexity index is 793. The topological polar surface area (TPSA) is 51.4 Å². The minimum absolute atomic E-state index is 0.638.